The Morgan fingerprint density at radius 1 is 1.35 bits per heavy atom. The summed E-state index contributed by atoms with van der Waals surface area (Å²) >= 11 is 1.50. The Hall–Kier alpha value is -1.72. The van der Waals surface area contributed by atoms with Crippen LogP contribution >= 0.6 is 11.8 Å². The van der Waals surface area contributed by atoms with Crippen LogP contribution in [0.15, 0.2) is 11.8 Å². The highest BCUT2D eigenvalue weighted by atomic mass is 32.2. The summed E-state index contributed by atoms with van der Waals surface area (Å²) in [4.78, 5) is 23.5. The van der Waals surface area contributed by atoms with Crippen LogP contribution < -0.4 is 16.0 Å². The lowest BCUT2D eigenvalue weighted by atomic mass is 9.80. The fourth-order valence-corrected chi connectivity index (χ4v) is 3.99. The van der Waals surface area contributed by atoms with Gasteiger partial charge < -0.3 is 21.1 Å². The molecule has 0 saturated carbocycles. The van der Waals surface area contributed by atoms with Gasteiger partial charge >= 0.3 is 5.97 Å². The van der Waals surface area contributed by atoms with E-state index in [1.54, 1.807) is 0 Å². The quantitative estimate of drug-likeness (QED) is 0.372. The number of hydrogen-bond acceptors (Lipinski definition) is 6. The van der Waals surface area contributed by atoms with Crippen LogP contribution in [0.3, 0.4) is 0 Å². The van der Waals surface area contributed by atoms with E-state index in [2.05, 4.69) is 43.6 Å². The molecule has 1 fully saturated rings. The molecular formula is C18H30N4O3S. The second-order valence-corrected chi connectivity index (χ2v) is 8.97. The number of carboxylic acids is 1. The third-order valence-corrected chi connectivity index (χ3v) is 4.88. The van der Waals surface area contributed by atoms with E-state index in [0.29, 0.717) is 12.2 Å². The lowest BCUT2D eigenvalue weighted by Gasteiger charge is -2.46. The van der Waals surface area contributed by atoms with Gasteiger partial charge in [-0.2, -0.15) is 17.0 Å². The van der Waals surface area contributed by atoms with E-state index < -0.39 is 17.9 Å². The van der Waals surface area contributed by atoms with Crippen LogP contribution in [-0.2, 0) is 9.59 Å². The van der Waals surface area contributed by atoms with Crippen molar-refractivity contribution in [3.8, 4) is 6.07 Å². The molecule has 8 heteroatoms. The van der Waals surface area contributed by atoms with Gasteiger partial charge in [-0.15, -0.1) is 0 Å². The molecule has 0 aromatic carbocycles. The van der Waals surface area contributed by atoms with Crippen molar-refractivity contribution in [2.75, 3.05) is 12.0 Å². The molecule has 1 aliphatic rings. The van der Waals surface area contributed by atoms with Crippen LogP contribution in [0.2, 0.25) is 0 Å². The Morgan fingerprint density at radius 3 is 2.38 bits per heavy atom. The molecule has 0 spiro atoms. The maximum atomic E-state index is 12.3. The molecule has 7 nitrogen and oxygen atoms in total. The normalized spacial score (nSPS) is 20.7. The number of thioether (sulfide) groups is 1. The molecular weight excluding hydrogens is 352 g/mol. The topological polar surface area (TPSA) is 114 Å². The molecule has 1 amide bonds. The van der Waals surface area contributed by atoms with E-state index in [9.17, 15) is 20.0 Å². The van der Waals surface area contributed by atoms with Gasteiger partial charge in [0.15, 0.2) is 0 Å². The summed E-state index contributed by atoms with van der Waals surface area (Å²) in [7, 11) is 0. The highest BCUT2D eigenvalue weighted by Gasteiger charge is 2.37. The first-order valence-corrected chi connectivity index (χ1v) is 10.1. The van der Waals surface area contributed by atoms with E-state index in [1.165, 1.54) is 18.0 Å². The second-order valence-electron chi connectivity index (χ2n) is 7.98. The average Bonchev–Trinajstić information content (AvgIpc) is 2.48. The van der Waals surface area contributed by atoms with E-state index in [-0.39, 0.29) is 22.7 Å². The molecule has 0 aromatic rings. The van der Waals surface area contributed by atoms with E-state index in [0.717, 1.165) is 12.8 Å². The van der Waals surface area contributed by atoms with Gasteiger partial charge in [-0.05, 0) is 59.0 Å². The second kappa shape index (κ2) is 9.28. The maximum absolute atomic E-state index is 12.3. The van der Waals surface area contributed by atoms with Gasteiger partial charge in [0.2, 0.25) is 0 Å². The molecule has 1 unspecified atom stereocenters. The third-order valence-electron chi connectivity index (χ3n) is 4.23. The fraction of sp³-hybridized carbons (Fsp3) is 0.722. The lowest BCUT2D eigenvalue weighted by molar-refractivity contribution is -0.141. The molecule has 1 aliphatic heterocycles. The molecule has 1 saturated heterocycles. The lowest BCUT2D eigenvalue weighted by Crippen LogP contribution is -2.61. The monoisotopic (exact) mass is 382 g/mol. The van der Waals surface area contributed by atoms with Gasteiger partial charge in [-0.1, -0.05) is 0 Å². The summed E-state index contributed by atoms with van der Waals surface area (Å²) in [6.07, 6.45) is 5.28. The van der Waals surface area contributed by atoms with Crippen molar-refractivity contribution in [1.82, 2.24) is 16.0 Å². The molecule has 0 radical (unpaired) electrons. The van der Waals surface area contributed by atoms with Crippen molar-refractivity contribution in [3.63, 3.8) is 0 Å². The summed E-state index contributed by atoms with van der Waals surface area (Å²) in [5.41, 5.74) is -0.238. The zero-order valence-electron chi connectivity index (χ0n) is 16.2. The number of nitriles is 1. The molecule has 26 heavy (non-hydrogen) atoms. The molecule has 4 N–H and O–H groups in total. The average molecular weight is 383 g/mol. The van der Waals surface area contributed by atoms with Crippen molar-refractivity contribution in [2.45, 2.75) is 70.1 Å². The standard InChI is InChI=1S/C18H30N4O3S/c1-17(2)8-13(9-18(3,4)22-17)20-11-12(10-19)15(23)21-14(16(24)25)6-7-26-5/h11,13-14,20,22H,6-9H2,1-5H3,(H,21,23)(H,24,25)/b12-11-. The first-order valence-electron chi connectivity index (χ1n) is 8.68. The Bertz CT molecular complexity index is 580. The first-order chi connectivity index (χ1) is 12.0. The molecule has 0 aliphatic carbocycles. The van der Waals surface area contributed by atoms with Gasteiger partial charge in [-0.3, -0.25) is 4.79 Å². The van der Waals surface area contributed by atoms with E-state index in [1.807, 2.05) is 12.3 Å². The number of nitrogens with one attached hydrogen (secondary N) is 3. The van der Waals surface area contributed by atoms with Crippen LogP contribution in [0, 0.1) is 11.3 Å². The van der Waals surface area contributed by atoms with Crippen molar-refractivity contribution >= 4 is 23.6 Å². The number of piperidine rings is 1. The SMILES string of the molecule is CSCCC(NC(=O)/C(C#N)=C\NC1CC(C)(C)NC(C)(C)C1)C(=O)O. The number of hydrogen-bond donors (Lipinski definition) is 4. The molecule has 1 atom stereocenters. The highest BCUT2D eigenvalue weighted by Crippen LogP contribution is 2.28. The number of amides is 1. The largest absolute Gasteiger partial charge is 0.480 e. The van der Waals surface area contributed by atoms with Gasteiger partial charge in [-0.25, -0.2) is 4.79 Å². The highest BCUT2D eigenvalue weighted by molar-refractivity contribution is 7.98. The molecule has 0 bridgehead atoms. The predicted octanol–water partition coefficient (Wildman–Crippen LogP) is 1.62. The predicted molar refractivity (Wildman–Crippen MR) is 104 cm³/mol. The van der Waals surface area contributed by atoms with Crippen molar-refractivity contribution in [1.29, 1.82) is 5.26 Å². The van der Waals surface area contributed by atoms with Gasteiger partial charge in [0, 0.05) is 23.3 Å². The zero-order valence-corrected chi connectivity index (χ0v) is 17.0. The summed E-state index contributed by atoms with van der Waals surface area (Å²) in [5.74, 6) is -1.15. The molecule has 1 heterocycles. The third kappa shape index (κ3) is 7.26. The zero-order chi connectivity index (χ0) is 20.0. The molecule has 0 aromatic heterocycles. The Labute approximate surface area is 160 Å². The van der Waals surface area contributed by atoms with Crippen LogP contribution in [0.4, 0.5) is 0 Å². The minimum Gasteiger partial charge on any atom is -0.480 e. The van der Waals surface area contributed by atoms with Gasteiger partial charge in [0.25, 0.3) is 5.91 Å². The van der Waals surface area contributed by atoms with E-state index in [4.69, 9.17) is 0 Å². The summed E-state index contributed by atoms with van der Waals surface area (Å²) in [6, 6.07) is 0.974. The smallest absolute Gasteiger partial charge is 0.326 e. The van der Waals surface area contributed by atoms with E-state index >= 15 is 0 Å². The van der Waals surface area contributed by atoms with Crippen LogP contribution in [-0.4, -0.2) is 52.2 Å². The minimum absolute atomic E-state index is 0.0610. The number of carbonyl (C=O) groups is 2. The summed E-state index contributed by atoms with van der Waals surface area (Å²) < 4.78 is 0. The Balaban J connectivity index is 2.76. The summed E-state index contributed by atoms with van der Waals surface area (Å²) in [6.45, 7) is 8.47. The van der Waals surface area contributed by atoms with Crippen LogP contribution in [0.1, 0.15) is 47.0 Å². The van der Waals surface area contributed by atoms with Crippen LogP contribution in [0.25, 0.3) is 0 Å². The van der Waals surface area contributed by atoms with Crippen molar-refractivity contribution in [3.05, 3.63) is 11.8 Å². The van der Waals surface area contributed by atoms with Crippen molar-refractivity contribution < 1.29 is 14.7 Å². The van der Waals surface area contributed by atoms with Crippen molar-refractivity contribution in [2.24, 2.45) is 0 Å². The minimum atomic E-state index is -1.10. The number of nitrogens with zero attached hydrogens (tertiary/aromatic N) is 1. The van der Waals surface area contributed by atoms with Crippen LogP contribution in [0.5, 0.6) is 0 Å². The number of carboxylic acid groups (broad SMARTS) is 1. The molecule has 146 valence electrons. The van der Waals surface area contributed by atoms with Gasteiger partial charge in [0.05, 0.1) is 0 Å². The summed E-state index contributed by atoms with van der Waals surface area (Å²) in [5, 5.41) is 27.7. The number of carbonyl (C=O) groups excluding carboxylic acids is 1. The first kappa shape index (κ1) is 22.3. The Morgan fingerprint density at radius 2 is 1.92 bits per heavy atom. The molecule has 1 rings (SSSR count). The fourth-order valence-electron chi connectivity index (χ4n) is 3.52. The number of aliphatic carboxylic acids is 1. The van der Waals surface area contributed by atoms with Gasteiger partial charge in [0.1, 0.15) is 17.7 Å². The number of rotatable bonds is 8. The maximum Gasteiger partial charge on any atom is 0.326 e. The Kier molecular flexibility index (Phi) is 7.97.